The minimum Gasteiger partial charge on any atom is -0.439 e. The largest absolute Gasteiger partial charge is 0.439 e. The average Bonchev–Trinajstić information content (AvgIpc) is 1.80. The van der Waals surface area contributed by atoms with E-state index >= 15 is 0 Å². The van der Waals surface area contributed by atoms with Crippen molar-refractivity contribution in [3.8, 4) is 46.5 Å². The van der Waals surface area contributed by atoms with Crippen molar-refractivity contribution in [3.05, 3.63) is 238 Å². The van der Waals surface area contributed by atoms with E-state index in [1.54, 1.807) is 61.1 Å². The number of hydrogen-bond donors (Lipinski definition) is 0. The van der Waals surface area contributed by atoms with Crippen LogP contribution in [0.25, 0.3) is 0 Å². The summed E-state index contributed by atoms with van der Waals surface area (Å²) in [6, 6.07) is 33.4. The third kappa shape index (κ3) is 24.4. The average molecular weight is 1690 g/mol. The van der Waals surface area contributed by atoms with Crippen LogP contribution in [0.3, 0.4) is 0 Å². The molecule has 6 aromatic heterocycles. The van der Waals surface area contributed by atoms with Crippen LogP contribution in [0.5, 0.6) is 46.5 Å². The number of aromatic nitrogens is 10. The van der Waals surface area contributed by atoms with Crippen LogP contribution in [0.4, 0.5) is 52.7 Å². The smallest absolute Gasteiger partial charge is 0.434 e. The molecule has 10 aromatic rings. The lowest BCUT2D eigenvalue weighted by Gasteiger charge is -2.14. The summed E-state index contributed by atoms with van der Waals surface area (Å²) < 4.78 is 204. The topological polar surface area (TPSA) is 314 Å². The predicted octanol–water partition coefficient (Wildman–Crippen LogP) is 15.5. The molecule has 40 heteroatoms. The van der Waals surface area contributed by atoms with Gasteiger partial charge in [-0.25, -0.2) is 44.3 Å². The monoisotopic (exact) mass is 1680 g/mol. The van der Waals surface area contributed by atoms with Gasteiger partial charge in [0.2, 0.25) is 23.5 Å². The molecule has 0 amide bonds. The molecule has 2 fully saturated rings. The van der Waals surface area contributed by atoms with E-state index in [0.29, 0.717) is 55.9 Å². The molecule has 0 saturated carbocycles. The summed E-state index contributed by atoms with van der Waals surface area (Å²) in [5.74, 6) is -3.25. The number of rotatable bonds is 22. The second-order valence-electron chi connectivity index (χ2n) is 22.2. The molecule has 0 aliphatic carbocycles. The number of halogens is 14. The number of pyridine rings is 4. The van der Waals surface area contributed by atoms with Crippen molar-refractivity contribution in [1.29, 1.82) is 0 Å². The number of carbonyl (C=O) groups is 6. The standard InChI is InChI=1S/C19H15F3N4O4.C17H13BrF3NO4.C17H11F3N4O3.C15H9BrF3NO3.C3H4N2/c20-19(21,22)17-14(15(27)9-26-11-23-10-24-26)5-6-16(25-17)30-13-3-1-12(2-4-13)18-28-7-8-29-18;18-9-13(23)12-5-6-14(22-15(12)17(19,20)21)26-11-3-1-10(2-4-11)16-24-7-8-25-16;18-17(19,20)16-13(14(26)7-24-10-21-9-22-24)5-6-15(23-16)27-12-3-1-11(8-25)2-4-12;16-7-12(22)11-5-6-13(20-14(11)15(17,18)19)23-10-3-1-9(8-21)2-4-10;1-2-5-3-4-1/h1-6,10-11,18H,7-9H2;1-6,16H,7-9H2;1-6,8-10H,7H2;1-6,8H,7H2;1,3H,2H2. The van der Waals surface area contributed by atoms with Gasteiger partial charge in [-0.15, -0.1) is 0 Å². The van der Waals surface area contributed by atoms with Crippen LogP contribution in [-0.4, -0.2) is 141 Å². The van der Waals surface area contributed by atoms with Gasteiger partial charge in [-0.2, -0.15) is 62.9 Å². The summed E-state index contributed by atoms with van der Waals surface area (Å²) in [6.07, 6.45) is -10.8. The minimum atomic E-state index is -4.85. The highest BCUT2D eigenvalue weighted by Crippen LogP contribution is 2.39. The van der Waals surface area contributed by atoms with Crippen molar-refractivity contribution in [2.45, 2.75) is 50.4 Å². The number of nitrogens with zero attached hydrogens (tertiary/aromatic N) is 12. The van der Waals surface area contributed by atoms with Gasteiger partial charge in [-0.05, 0) is 97.1 Å². The normalized spacial score (nSPS) is 13.4. The van der Waals surface area contributed by atoms with Crippen molar-refractivity contribution < 1.29 is 119 Å². The summed E-state index contributed by atoms with van der Waals surface area (Å²) in [4.78, 5) is 97.5. The maximum atomic E-state index is 13.5. The molecule has 578 valence electrons. The van der Waals surface area contributed by atoms with Gasteiger partial charge >= 0.3 is 24.7 Å². The molecule has 0 radical (unpaired) electrons. The summed E-state index contributed by atoms with van der Waals surface area (Å²) in [5, 5.41) is 6.94. The highest BCUT2D eigenvalue weighted by atomic mass is 79.9. The van der Waals surface area contributed by atoms with E-state index in [0.717, 1.165) is 57.4 Å². The molecule has 3 aliphatic heterocycles. The van der Waals surface area contributed by atoms with Crippen LogP contribution in [0.2, 0.25) is 0 Å². The highest BCUT2D eigenvalue weighted by molar-refractivity contribution is 9.09. The van der Waals surface area contributed by atoms with Crippen LogP contribution < -0.4 is 18.9 Å². The fourth-order valence-corrected chi connectivity index (χ4v) is 10.0. The zero-order chi connectivity index (χ0) is 79.9. The number of alkyl halides is 14. The van der Waals surface area contributed by atoms with Crippen molar-refractivity contribution in [2.75, 3.05) is 43.6 Å². The van der Waals surface area contributed by atoms with Crippen molar-refractivity contribution in [2.24, 2.45) is 9.98 Å². The third-order valence-corrected chi connectivity index (χ3v) is 15.5. The highest BCUT2D eigenvalue weighted by Gasteiger charge is 2.41. The van der Waals surface area contributed by atoms with Crippen molar-refractivity contribution >= 4 is 80.1 Å². The molecule has 9 heterocycles. The molecule has 0 atom stereocenters. The van der Waals surface area contributed by atoms with E-state index in [2.05, 4.69) is 81.9 Å². The lowest BCUT2D eigenvalue weighted by molar-refractivity contribution is -0.142. The van der Waals surface area contributed by atoms with Gasteiger partial charge in [-0.3, -0.25) is 33.8 Å². The first-order chi connectivity index (χ1) is 53.0. The number of Topliss-reactive ketones (excluding diaryl/α,β-unsaturated/α-hetero) is 4. The minimum absolute atomic E-state index is 0.197. The van der Waals surface area contributed by atoms with E-state index in [4.69, 9.17) is 37.9 Å². The van der Waals surface area contributed by atoms with Crippen molar-refractivity contribution in [1.82, 2.24) is 49.5 Å². The van der Waals surface area contributed by atoms with Crippen LogP contribution in [0, 0.1) is 0 Å². The Bertz CT molecular complexity index is 4870. The van der Waals surface area contributed by atoms with E-state index in [-0.39, 0.29) is 51.4 Å². The summed E-state index contributed by atoms with van der Waals surface area (Å²) in [6.45, 7) is 1.99. The van der Waals surface area contributed by atoms with Gasteiger partial charge in [0, 0.05) is 63.9 Å². The Balaban J connectivity index is 0.000000167. The third-order valence-electron chi connectivity index (χ3n) is 14.5. The molecule has 0 spiro atoms. The zero-order valence-electron chi connectivity index (χ0n) is 56.4. The maximum absolute atomic E-state index is 13.5. The predicted molar refractivity (Wildman–Crippen MR) is 370 cm³/mol. The fourth-order valence-electron chi connectivity index (χ4n) is 9.43. The van der Waals surface area contributed by atoms with Crippen LogP contribution in [-0.2, 0) is 56.7 Å². The Labute approximate surface area is 634 Å². The fraction of sp³-hybridized carbons (Fsp3) is 0.211. The molecule has 3 aliphatic rings. The van der Waals surface area contributed by atoms with Crippen molar-refractivity contribution in [3.63, 3.8) is 0 Å². The summed E-state index contributed by atoms with van der Waals surface area (Å²) >= 11 is 5.70. The second-order valence-corrected chi connectivity index (χ2v) is 23.3. The van der Waals surface area contributed by atoms with E-state index in [1.807, 2.05) is 0 Å². The second kappa shape index (κ2) is 38.6. The Morgan fingerprint density at radius 3 is 0.928 bits per heavy atom. The number of aliphatic imine (C=N–C) groups is 2. The molecular weight excluding hydrogens is 1630 g/mol. The van der Waals surface area contributed by atoms with Gasteiger partial charge in [0.05, 0.1) is 54.8 Å². The number of ketones is 4. The Morgan fingerprint density at radius 2 is 0.703 bits per heavy atom. The number of carbonyl (C=O) groups excluding carboxylic acids is 6. The molecule has 26 nitrogen and oxygen atoms in total. The van der Waals surface area contributed by atoms with Gasteiger partial charge in [-0.1, -0.05) is 56.1 Å². The molecule has 4 aromatic carbocycles. The first-order valence-electron chi connectivity index (χ1n) is 31.7. The molecule has 0 N–H and O–H groups in total. The van der Waals surface area contributed by atoms with Gasteiger partial charge in [0.1, 0.15) is 80.3 Å². The number of benzene rings is 4. The Kier molecular flexibility index (Phi) is 29.0. The van der Waals surface area contributed by atoms with Gasteiger partial charge < -0.3 is 37.9 Å². The molecule has 13 rings (SSSR count). The molecule has 0 unspecified atom stereocenters. The number of ether oxygens (including phenoxy) is 8. The molecule has 0 bridgehead atoms. The van der Waals surface area contributed by atoms with Crippen LogP contribution in [0.1, 0.15) is 109 Å². The molecule has 111 heavy (non-hydrogen) atoms. The van der Waals surface area contributed by atoms with Gasteiger partial charge in [0.15, 0.2) is 58.5 Å². The lowest BCUT2D eigenvalue weighted by Crippen LogP contribution is -2.19. The number of aldehydes is 2. The Morgan fingerprint density at radius 1 is 0.414 bits per heavy atom. The summed E-state index contributed by atoms with van der Waals surface area (Å²) in [7, 11) is 0. The number of hydrogen-bond acceptors (Lipinski definition) is 24. The van der Waals surface area contributed by atoms with E-state index in [1.165, 1.54) is 92.0 Å². The molecule has 2 saturated heterocycles. The SMILES string of the molecule is C1=NC=NC1.O=C(CBr)c1ccc(Oc2ccc(C3OCCO3)cc2)nc1C(F)(F)F.O=C(Cn1cncn1)c1ccc(Oc2ccc(C3OCCO3)cc2)nc1C(F)(F)F.O=Cc1ccc(Oc2ccc(C(=O)CBr)c(C(F)(F)F)n2)cc1.O=Cc1ccc(Oc2ccc(C(=O)Cn3cncn3)c(C(F)(F)F)n2)cc1. The van der Waals surface area contributed by atoms with Crippen LogP contribution in [0.15, 0.2) is 181 Å². The van der Waals surface area contributed by atoms with Gasteiger partial charge in [0.25, 0.3) is 0 Å². The first kappa shape index (κ1) is 83.3. The lowest BCUT2D eigenvalue weighted by atomic mass is 10.1. The first-order valence-corrected chi connectivity index (χ1v) is 33.9. The van der Waals surface area contributed by atoms with E-state index < -0.39 is 119 Å². The van der Waals surface area contributed by atoms with E-state index in [9.17, 15) is 81.5 Å². The maximum Gasteiger partial charge on any atom is 0.434 e. The zero-order valence-corrected chi connectivity index (χ0v) is 59.5. The quantitative estimate of drug-likeness (QED) is 0.0263. The Hall–Kier alpha value is -11.7. The van der Waals surface area contributed by atoms with Crippen LogP contribution >= 0.6 is 31.9 Å². The molecular formula is C71H52Br2F12N12O14. The summed E-state index contributed by atoms with van der Waals surface area (Å²) in [5.41, 5.74) is -5.13.